The van der Waals surface area contributed by atoms with Crippen LogP contribution in [0.1, 0.15) is 32.8 Å². The summed E-state index contributed by atoms with van der Waals surface area (Å²) in [5.74, 6) is -0.602. The molecule has 0 fully saturated rings. The van der Waals surface area contributed by atoms with Crippen LogP contribution in [0.4, 0.5) is 0 Å². The minimum Gasteiger partial charge on any atom is -0.481 e. The zero-order chi connectivity index (χ0) is 16.0. The molecule has 0 heterocycles. The highest BCUT2D eigenvalue weighted by molar-refractivity contribution is 7.89. The minimum atomic E-state index is -3.48. The lowest BCUT2D eigenvalue weighted by atomic mass is 10.1. The van der Waals surface area contributed by atoms with Crippen molar-refractivity contribution in [1.29, 1.82) is 0 Å². The van der Waals surface area contributed by atoms with Crippen molar-refractivity contribution in [3.05, 3.63) is 29.8 Å². The fourth-order valence-corrected chi connectivity index (χ4v) is 3.65. The van der Waals surface area contributed by atoms with Crippen LogP contribution >= 0.6 is 0 Å². The van der Waals surface area contributed by atoms with Crippen LogP contribution in [-0.4, -0.2) is 36.9 Å². The van der Waals surface area contributed by atoms with Crippen molar-refractivity contribution < 1.29 is 18.3 Å². The Balaban J connectivity index is 2.90. The molecule has 0 spiro atoms. The third kappa shape index (κ3) is 5.13. The summed E-state index contributed by atoms with van der Waals surface area (Å²) in [6.07, 6.45) is 0.444. The molecule has 0 unspecified atom stereocenters. The van der Waals surface area contributed by atoms with Crippen LogP contribution in [0.3, 0.4) is 0 Å². The summed E-state index contributed by atoms with van der Waals surface area (Å²) in [5, 5.41) is 8.64. The summed E-state index contributed by atoms with van der Waals surface area (Å²) < 4.78 is 26.5. The van der Waals surface area contributed by atoms with E-state index >= 15 is 0 Å². The number of aryl methyl sites for hydroxylation is 1. The molecular weight excluding hydrogens is 290 g/mol. The van der Waals surface area contributed by atoms with Crippen LogP contribution in [0.15, 0.2) is 29.2 Å². The Labute approximate surface area is 126 Å². The fourth-order valence-electron chi connectivity index (χ4n) is 2.03. The van der Waals surface area contributed by atoms with Crippen LogP contribution in [0, 0.1) is 5.92 Å². The molecule has 0 radical (unpaired) electrons. The lowest BCUT2D eigenvalue weighted by Crippen LogP contribution is -2.34. The first-order valence-corrected chi connectivity index (χ1v) is 8.52. The number of rotatable bonds is 8. The fraction of sp³-hybridized carbons (Fsp3) is 0.533. The molecule has 1 rings (SSSR count). The van der Waals surface area contributed by atoms with Gasteiger partial charge in [0.15, 0.2) is 0 Å². The van der Waals surface area contributed by atoms with Gasteiger partial charge in [-0.15, -0.1) is 0 Å². The molecule has 5 nitrogen and oxygen atoms in total. The van der Waals surface area contributed by atoms with Gasteiger partial charge in [0.1, 0.15) is 0 Å². The van der Waals surface area contributed by atoms with E-state index < -0.39 is 16.0 Å². The van der Waals surface area contributed by atoms with Gasteiger partial charge in [-0.3, -0.25) is 4.79 Å². The Morgan fingerprint density at radius 1 is 1.24 bits per heavy atom. The van der Waals surface area contributed by atoms with Crippen molar-refractivity contribution in [3.8, 4) is 0 Å². The Hall–Kier alpha value is -1.40. The summed E-state index contributed by atoms with van der Waals surface area (Å²) in [6.45, 7) is 6.70. The average Bonchev–Trinajstić information content (AvgIpc) is 2.42. The first-order valence-electron chi connectivity index (χ1n) is 7.08. The summed E-state index contributed by atoms with van der Waals surface area (Å²) in [7, 11) is -3.48. The molecule has 1 N–H and O–H groups in total. The third-order valence-electron chi connectivity index (χ3n) is 3.11. The van der Waals surface area contributed by atoms with Gasteiger partial charge in [-0.25, -0.2) is 8.42 Å². The van der Waals surface area contributed by atoms with E-state index in [2.05, 4.69) is 0 Å². The summed E-state index contributed by atoms with van der Waals surface area (Å²) >= 11 is 0. The van der Waals surface area contributed by atoms with Crippen molar-refractivity contribution in [2.75, 3.05) is 13.1 Å². The van der Waals surface area contributed by atoms with Gasteiger partial charge in [0, 0.05) is 19.5 Å². The molecule has 0 saturated carbocycles. The monoisotopic (exact) mass is 313 g/mol. The summed E-state index contributed by atoms with van der Waals surface area (Å²) in [4.78, 5) is 10.8. The molecular formula is C15H23NO4S. The van der Waals surface area contributed by atoms with Crippen molar-refractivity contribution in [2.45, 2.75) is 38.5 Å². The molecule has 0 amide bonds. The van der Waals surface area contributed by atoms with Crippen LogP contribution in [-0.2, 0) is 21.2 Å². The van der Waals surface area contributed by atoms with Gasteiger partial charge in [0.05, 0.1) is 4.90 Å². The Morgan fingerprint density at radius 3 is 2.24 bits per heavy atom. The number of benzene rings is 1. The van der Waals surface area contributed by atoms with E-state index in [4.69, 9.17) is 5.11 Å². The lowest BCUT2D eigenvalue weighted by Gasteiger charge is -2.22. The van der Waals surface area contributed by atoms with Gasteiger partial charge in [0.2, 0.25) is 10.0 Å². The van der Waals surface area contributed by atoms with E-state index in [9.17, 15) is 13.2 Å². The molecule has 0 aliphatic heterocycles. The van der Waals surface area contributed by atoms with Crippen LogP contribution < -0.4 is 0 Å². The second-order valence-electron chi connectivity index (χ2n) is 5.39. The number of aliphatic carboxylic acids is 1. The highest BCUT2D eigenvalue weighted by Gasteiger charge is 2.23. The molecule has 0 aliphatic rings. The minimum absolute atomic E-state index is 0.0422. The topological polar surface area (TPSA) is 74.7 Å². The first kappa shape index (κ1) is 17.7. The van der Waals surface area contributed by atoms with Gasteiger partial charge >= 0.3 is 5.97 Å². The van der Waals surface area contributed by atoms with Gasteiger partial charge in [0.25, 0.3) is 0 Å². The van der Waals surface area contributed by atoms with Crippen LogP contribution in [0.5, 0.6) is 0 Å². The first-order chi connectivity index (χ1) is 9.77. The van der Waals surface area contributed by atoms with Gasteiger partial charge in [-0.1, -0.05) is 32.9 Å². The van der Waals surface area contributed by atoms with E-state index in [1.807, 2.05) is 20.8 Å². The summed E-state index contributed by atoms with van der Waals surface area (Å²) in [5.41, 5.74) is 0.822. The molecule has 0 aliphatic carbocycles. The van der Waals surface area contributed by atoms with Crippen molar-refractivity contribution in [3.63, 3.8) is 0 Å². The second-order valence-corrected chi connectivity index (χ2v) is 7.33. The lowest BCUT2D eigenvalue weighted by molar-refractivity contribution is -0.136. The van der Waals surface area contributed by atoms with Crippen molar-refractivity contribution in [2.24, 2.45) is 5.92 Å². The van der Waals surface area contributed by atoms with E-state index in [0.717, 1.165) is 5.56 Å². The van der Waals surface area contributed by atoms with Gasteiger partial charge in [-0.05, 0) is 30.0 Å². The third-order valence-corrected chi connectivity index (χ3v) is 5.07. The maximum absolute atomic E-state index is 12.5. The number of sulfonamides is 1. The van der Waals surface area contributed by atoms with Gasteiger partial charge < -0.3 is 5.11 Å². The van der Waals surface area contributed by atoms with E-state index in [-0.39, 0.29) is 17.2 Å². The SMILES string of the molecule is CCN(CC(C)C)S(=O)(=O)c1ccc(CCC(=O)O)cc1. The maximum atomic E-state index is 12.5. The predicted octanol–water partition coefficient (Wildman–Crippen LogP) is 2.37. The molecule has 0 aromatic heterocycles. The molecule has 1 aromatic rings. The van der Waals surface area contributed by atoms with Crippen LogP contribution in [0.25, 0.3) is 0 Å². The quantitative estimate of drug-likeness (QED) is 0.799. The number of carboxylic acid groups (broad SMARTS) is 1. The summed E-state index contributed by atoms with van der Waals surface area (Å²) in [6, 6.07) is 6.46. The van der Waals surface area contributed by atoms with Gasteiger partial charge in [-0.2, -0.15) is 4.31 Å². The Morgan fingerprint density at radius 2 is 1.81 bits per heavy atom. The number of hydrogen-bond donors (Lipinski definition) is 1. The van der Waals surface area contributed by atoms with Crippen LogP contribution in [0.2, 0.25) is 0 Å². The number of nitrogens with zero attached hydrogens (tertiary/aromatic N) is 1. The standard InChI is InChI=1S/C15H23NO4S/c1-4-16(11-12(2)3)21(19,20)14-8-5-13(6-9-14)7-10-15(17)18/h5-6,8-9,12H,4,7,10-11H2,1-3H3,(H,17,18). The molecule has 21 heavy (non-hydrogen) atoms. The predicted molar refractivity (Wildman–Crippen MR) is 81.7 cm³/mol. The molecule has 118 valence electrons. The highest BCUT2D eigenvalue weighted by Crippen LogP contribution is 2.18. The zero-order valence-electron chi connectivity index (χ0n) is 12.7. The average molecular weight is 313 g/mol. The smallest absolute Gasteiger partial charge is 0.303 e. The molecule has 1 aromatic carbocycles. The molecule has 6 heteroatoms. The number of carbonyl (C=O) groups is 1. The number of hydrogen-bond acceptors (Lipinski definition) is 3. The van der Waals surface area contributed by atoms with E-state index in [0.29, 0.717) is 19.5 Å². The highest BCUT2D eigenvalue weighted by atomic mass is 32.2. The Bertz CT molecular complexity index is 564. The maximum Gasteiger partial charge on any atom is 0.303 e. The van der Waals surface area contributed by atoms with E-state index in [1.165, 1.54) is 4.31 Å². The normalized spacial score (nSPS) is 12.0. The molecule has 0 bridgehead atoms. The second kappa shape index (κ2) is 7.56. The largest absolute Gasteiger partial charge is 0.481 e. The van der Waals surface area contributed by atoms with Crippen molar-refractivity contribution in [1.82, 2.24) is 4.31 Å². The number of carboxylic acids is 1. The molecule has 0 atom stereocenters. The van der Waals surface area contributed by atoms with Crippen molar-refractivity contribution >= 4 is 16.0 Å². The molecule has 0 saturated heterocycles. The van der Waals surface area contributed by atoms with E-state index in [1.54, 1.807) is 24.3 Å². The zero-order valence-corrected chi connectivity index (χ0v) is 13.6. The Kier molecular flexibility index (Phi) is 6.36.